The Balaban J connectivity index is 1.75. The lowest BCUT2D eigenvalue weighted by atomic mass is 9.61. The van der Waals surface area contributed by atoms with Crippen molar-refractivity contribution < 1.29 is 17.2 Å². The summed E-state index contributed by atoms with van der Waals surface area (Å²) in [6.07, 6.45) is 16.8. The topological polar surface area (TPSA) is 63.6 Å². The van der Waals surface area contributed by atoms with Crippen molar-refractivity contribution in [2.24, 2.45) is 35.0 Å². The highest BCUT2D eigenvalue weighted by molar-refractivity contribution is 7.80. The van der Waals surface area contributed by atoms with Gasteiger partial charge in [-0.15, -0.1) is 0 Å². The van der Waals surface area contributed by atoms with Crippen molar-refractivity contribution in [3.05, 3.63) is 47.6 Å². The Labute approximate surface area is 202 Å². The molecule has 3 saturated carbocycles. The molecule has 3 fully saturated rings. The first-order chi connectivity index (χ1) is 15.4. The van der Waals surface area contributed by atoms with Gasteiger partial charge in [-0.25, -0.2) is 4.18 Å². The molecule has 0 aromatic rings. The quantitative estimate of drug-likeness (QED) is 0.306. The van der Waals surface area contributed by atoms with Gasteiger partial charge in [0.2, 0.25) is 0 Å². The average molecular weight is 477 g/mol. The third-order valence-electron chi connectivity index (χ3n) is 8.87. The molecule has 0 amide bonds. The third kappa shape index (κ3) is 6.49. The van der Waals surface area contributed by atoms with Crippen LogP contribution < -0.4 is 0 Å². The van der Waals surface area contributed by atoms with E-state index in [0.717, 1.165) is 17.6 Å². The molecule has 0 aromatic heterocycles. The lowest BCUT2D eigenvalue weighted by Gasteiger charge is -2.44. The Hall–Kier alpha value is -1.17. The van der Waals surface area contributed by atoms with E-state index in [4.69, 9.17) is 8.74 Å². The van der Waals surface area contributed by atoms with Crippen LogP contribution in [-0.2, 0) is 14.6 Å². The highest BCUT2D eigenvalue weighted by Crippen LogP contribution is 2.59. The fourth-order valence-corrected chi connectivity index (χ4v) is 6.99. The molecule has 0 heterocycles. The van der Waals surface area contributed by atoms with Gasteiger partial charge in [0.15, 0.2) is 0 Å². The Morgan fingerprint density at radius 1 is 1.09 bits per heavy atom. The Morgan fingerprint density at radius 3 is 2.48 bits per heavy atom. The van der Waals surface area contributed by atoms with Gasteiger partial charge in [0.05, 0.1) is 6.10 Å². The fourth-order valence-electron chi connectivity index (χ4n) is 6.49. The fraction of sp³-hybridized carbons (Fsp3) is 0.714. The molecule has 0 aromatic carbocycles. The molecule has 0 aliphatic heterocycles. The average Bonchev–Trinajstić information content (AvgIpc) is 3.08. The van der Waals surface area contributed by atoms with Crippen LogP contribution in [0.2, 0.25) is 0 Å². The van der Waals surface area contributed by atoms with Crippen molar-refractivity contribution in [3.8, 4) is 0 Å². The minimum atomic E-state index is -4.43. The van der Waals surface area contributed by atoms with E-state index in [-0.39, 0.29) is 0 Å². The molecule has 4 nitrogen and oxygen atoms in total. The third-order valence-corrected chi connectivity index (χ3v) is 9.38. The molecule has 0 radical (unpaired) electrons. The molecule has 3 aliphatic carbocycles. The predicted octanol–water partition coefficient (Wildman–Crippen LogP) is 7.47. The summed E-state index contributed by atoms with van der Waals surface area (Å²) in [5, 5.41) is 0. The first kappa shape index (κ1) is 26.4. The van der Waals surface area contributed by atoms with Gasteiger partial charge in [0, 0.05) is 6.42 Å². The second kappa shape index (κ2) is 10.6. The highest BCUT2D eigenvalue weighted by Gasteiger charge is 2.50. The van der Waals surface area contributed by atoms with Crippen LogP contribution >= 0.6 is 0 Å². The predicted molar refractivity (Wildman–Crippen MR) is 136 cm³/mol. The van der Waals surface area contributed by atoms with Gasteiger partial charge in [0.1, 0.15) is 0 Å². The van der Waals surface area contributed by atoms with Crippen molar-refractivity contribution in [2.75, 3.05) is 0 Å². The van der Waals surface area contributed by atoms with E-state index in [9.17, 15) is 8.42 Å². The maximum Gasteiger partial charge on any atom is 0.397 e. The van der Waals surface area contributed by atoms with Crippen LogP contribution in [-0.4, -0.2) is 19.1 Å². The summed E-state index contributed by atoms with van der Waals surface area (Å²) in [7, 11) is -4.43. The molecular weight excluding hydrogens is 432 g/mol. The van der Waals surface area contributed by atoms with E-state index >= 15 is 0 Å². The standard InChI is InChI=1S/C28H44O4S/c1-19(2)20(3)9-10-22(5)26-15-16-27-23(8-7-17-28(26,27)6)12-13-24-18-25(14-11-21(24)4)32-33(29,30)31/h9-10,12-13,19-20,22,25-27H,4,7-8,11,14-18H2,1-3,5-6H3,(H,29,30,31)/b10-9+,23-12-,24-13-/t20-,22+,25-,26+,27-,28+/m0/s1. The van der Waals surface area contributed by atoms with E-state index in [1.165, 1.54) is 31.3 Å². The van der Waals surface area contributed by atoms with Crippen LogP contribution in [0.1, 0.15) is 86.0 Å². The molecule has 33 heavy (non-hydrogen) atoms. The normalized spacial score (nSPS) is 35.5. The zero-order chi connectivity index (χ0) is 24.4. The van der Waals surface area contributed by atoms with Crippen LogP contribution in [0.5, 0.6) is 0 Å². The summed E-state index contributed by atoms with van der Waals surface area (Å²) >= 11 is 0. The molecular formula is C28H44O4S. The Bertz CT molecular complexity index is 910. The molecule has 0 bridgehead atoms. The lowest BCUT2D eigenvalue weighted by molar-refractivity contribution is 0.112. The minimum absolute atomic E-state index is 0.341. The molecule has 0 unspecified atom stereocenters. The van der Waals surface area contributed by atoms with E-state index < -0.39 is 16.5 Å². The summed E-state index contributed by atoms with van der Waals surface area (Å²) in [6.45, 7) is 16.0. The highest BCUT2D eigenvalue weighted by atomic mass is 32.3. The second-order valence-electron chi connectivity index (χ2n) is 11.4. The van der Waals surface area contributed by atoms with E-state index in [2.05, 4.69) is 65.5 Å². The van der Waals surface area contributed by atoms with Gasteiger partial charge in [-0.3, -0.25) is 4.55 Å². The molecule has 186 valence electrons. The van der Waals surface area contributed by atoms with Gasteiger partial charge in [-0.1, -0.05) is 76.6 Å². The second-order valence-corrected chi connectivity index (χ2v) is 12.4. The van der Waals surface area contributed by atoms with Crippen LogP contribution in [0.3, 0.4) is 0 Å². The first-order valence-electron chi connectivity index (χ1n) is 12.8. The Morgan fingerprint density at radius 2 is 1.82 bits per heavy atom. The van der Waals surface area contributed by atoms with Gasteiger partial charge < -0.3 is 0 Å². The number of allylic oxidation sites excluding steroid dienone is 6. The molecule has 0 saturated heterocycles. The number of fused-ring (bicyclic) bond motifs is 1. The smallest absolute Gasteiger partial charge is 0.264 e. The maximum atomic E-state index is 11.1. The maximum absolute atomic E-state index is 11.1. The first-order valence-corrected chi connectivity index (χ1v) is 14.2. The monoisotopic (exact) mass is 476 g/mol. The summed E-state index contributed by atoms with van der Waals surface area (Å²) in [5.74, 6) is 3.22. The van der Waals surface area contributed by atoms with Gasteiger partial charge in [-0.05, 0) is 85.5 Å². The van der Waals surface area contributed by atoms with E-state index in [1.54, 1.807) is 0 Å². The van der Waals surface area contributed by atoms with Crippen LogP contribution in [0.15, 0.2) is 47.6 Å². The van der Waals surface area contributed by atoms with Crippen molar-refractivity contribution in [1.29, 1.82) is 0 Å². The summed E-state index contributed by atoms with van der Waals surface area (Å²) in [4.78, 5) is 0. The van der Waals surface area contributed by atoms with E-state index in [0.29, 0.717) is 54.3 Å². The van der Waals surface area contributed by atoms with E-state index in [1.807, 2.05) is 0 Å². The summed E-state index contributed by atoms with van der Waals surface area (Å²) < 4.78 is 36.2. The molecule has 1 N–H and O–H groups in total. The Kier molecular flexibility index (Phi) is 8.51. The molecule has 0 spiro atoms. The van der Waals surface area contributed by atoms with Crippen molar-refractivity contribution >= 4 is 10.4 Å². The lowest BCUT2D eigenvalue weighted by Crippen LogP contribution is -2.35. The summed E-state index contributed by atoms with van der Waals surface area (Å²) in [5.41, 5.74) is 3.97. The largest absolute Gasteiger partial charge is 0.397 e. The van der Waals surface area contributed by atoms with Crippen molar-refractivity contribution in [1.82, 2.24) is 0 Å². The number of hydrogen-bond acceptors (Lipinski definition) is 3. The minimum Gasteiger partial charge on any atom is -0.264 e. The van der Waals surface area contributed by atoms with Crippen LogP contribution in [0.4, 0.5) is 0 Å². The summed E-state index contributed by atoms with van der Waals surface area (Å²) in [6, 6.07) is 0. The van der Waals surface area contributed by atoms with Gasteiger partial charge in [0.25, 0.3) is 0 Å². The molecule has 3 rings (SSSR count). The van der Waals surface area contributed by atoms with Gasteiger partial charge >= 0.3 is 10.4 Å². The zero-order valence-electron chi connectivity index (χ0n) is 21.2. The van der Waals surface area contributed by atoms with Crippen LogP contribution in [0.25, 0.3) is 0 Å². The molecule has 6 atom stereocenters. The van der Waals surface area contributed by atoms with Gasteiger partial charge in [-0.2, -0.15) is 8.42 Å². The SMILES string of the molecule is C=C1CC[C@H](OS(=O)(=O)O)C/C1=C/C=C1/CCC[C@]2(C)[C@@H]([C@H](C)/C=C/[C@H](C)C(C)C)CC[C@@H]12. The van der Waals surface area contributed by atoms with Crippen LogP contribution in [0, 0.1) is 35.0 Å². The zero-order valence-corrected chi connectivity index (χ0v) is 22.0. The number of rotatable bonds is 7. The number of hydrogen-bond donors (Lipinski definition) is 1. The van der Waals surface area contributed by atoms with Crippen molar-refractivity contribution in [2.45, 2.75) is 92.1 Å². The molecule has 3 aliphatic rings. The van der Waals surface area contributed by atoms with Crippen molar-refractivity contribution in [3.63, 3.8) is 0 Å². The molecule has 5 heteroatoms.